The Balaban J connectivity index is 2.11. The number of ether oxygens (including phenoxy) is 2. The quantitative estimate of drug-likeness (QED) is 0.558. The Morgan fingerprint density at radius 3 is 2.00 bits per heavy atom. The largest absolute Gasteiger partial charge is 0.493 e. The van der Waals surface area contributed by atoms with Gasteiger partial charge in [-0.05, 0) is 37.3 Å². The smallest absolute Gasteiger partial charge is 0.266 e. The van der Waals surface area contributed by atoms with Crippen molar-refractivity contribution in [3.8, 4) is 11.5 Å². The molecule has 2 N–H and O–H groups in total. The maximum atomic E-state index is 12.2. The summed E-state index contributed by atoms with van der Waals surface area (Å²) in [6.45, 7) is 1.38. The van der Waals surface area contributed by atoms with E-state index in [0.29, 0.717) is 17.1 Å². The number of nitrogens with one attached hydrogen (secondary N) is 2. The molecule has 0 fully saturated rings. The van der Waals surface area contributed by atoms with E-state index in [9.17, 15) is 18.0 Å². The average Bonchev–Trinajstić information content (AvgIpc) is 2.65. The number of benzene rings is 2. The number of hydrogen-bond donors (Lipinski definition) is 2. The first kappa shape index (κ1) is 19.4. The van der Waals surface area contributed by atoms with E-state index in [0.717, 1.165) is 0 Å². The van der Waals surface area contributed by atoms with Crippen LogP contribution in [0, 0.1) is 0 Å². The molecule has 1 amide bonds. The van der Waals surface area contributed by atoms with Crippen LogP contribution < -0.4 is 19.7 Å². The van der Waals surface area contributed by atoms with E-state index in [1.54, 1.807) is 0 Å². The van der Waals surface area contributed by atoms with Crippen LogP contribution in [0.3, 0.4) is 0 Å². The first-order chi connectivity index (χ1) is 12.3. The zero-order valence-electron chi connectivity index (χ0n) is 14.4. The molecule has 0 unspecified atom stereocenters. The van der Waals surface area contributed by atoms with Gasteiger partial charge in [-0.15, -0.1) is 4.83 Å². The molecule has 0 aliphatic heterocycles. The molecule has 0 heterocycles. The molecule has 8 nitrogen and oxygen atoms in total. The standard InChI is InChI=1S/C17H18N2O6S/c1-11(20)12-4-7-14(8-5-12)26(22,23)19-18-17(21)13-6-9-15(24-2)16(10-13)25-3/h4-10,19H,1-3H3,(H,18,21). The lowest BCUT2D eigenvalue weighted by Crippen LogP contribution is -2.41. The van der Waals surface area contributed by atoms with Gasteiger partial charge >= 0.3 is 0 Å². The molecule has 26 heavy (non-hydrogen) atoms. The molecule has 138 valence electrons. The molecule has 0 aliphatic rings. The molecule has 0 aromatic heterocycles. The fourth-order valence-corrected chi connectivity index (χ4v) is 2.93. The van der Waals surface area contributed by atoms with Crippen molar-refractivity contribution < 1.29 is 27.5 Å². The minimum Gasteiger partial charge on any atom is -0.493 e. The summed E-state index contributed by atoms with van der Waals surface area (Å²) in [6, 6.07) is 9.77. The Morgan fingerprint density at radius 1 is 0.885 bits per heavy atom. The number of Topliss-reactive ketones (excluding diaryl/α,β-unsaturated/α-hetero) is 1. The van der Waals surface area contributed by atoms with Crippen molar-refractivity contribution in [3.63, 3.8) is 0 Å². The van der Waals surface area contributed by atoms with Crippen LogP contribution in [0.1, 0.15) is 27.6 Å². The van der Waals surface area contributed by atoms with Crippen LogP contribution >= 0.6 is 0 Å². The van der Waals surface area contributed by atoms with Gasteiger partial charge in [-0.1, -0.05) is 12.1 Å². The summed E-state index contributed by atoms with van der Waals surface area (Å²) < 4.78 is 34.6. The van der Waals surface area contributed by atoms with E-state index in [4.69, 9.17) is 9.47 Å². The maximum Gasteiger partial charge on any atom is 0.266 e. The minimum atomic E-state index is -3.98. The Bertz CT molecular complexity index is 923. The number of ketones is 1. The van der Waals surface area contributed by atoms with Crippen molar-refractivity contribution in [1.29, 1.82) is 0 Å². The van der Waals surface area contributed by atoms with Crippen LogP contribution in [-0.2, 0) is 10.0 Å². The van der Waals surface area contributed by atoms with Crippen molar-refractivity contribution in [1.82, 2.24) is 10.3 Å². The van der Waals surface area contributed by atoms with E-state index in [-0.39, 0.29) is 16.2 Å². The van der Waals surface area contributed by atoms with Crippen molar-refractivity contribution in [2.75, 3.05) is 14.2 Å². The van der Waals surface area contributed by atoms with Gasteiger partial charge in [0.1, 0.15) is 0 Å². The molecule has 0 spiro atoms. The first-order valence-corrected chi connectivity index (χ1v) is 8.92. The number of amides is 1. The molecule has 2 rings (SSSR count). The number of hydrazine groups is 1. The van der Waals surface area contributed by atoms with E-state index in [1.165, 1.54) is 63.6 Å². The van der Waals surface area contributed by atoms with Gasteiger partial charge in [0.05, 0.1) is 19.1 Å². The summed E-state index contributed by atoms with van der Waals surface area (Å²) in [7, 11) is -1.10. The Labute approximate surface area is 151 Å². The first-order valence-electron chi connectivity index (χ1n) is 7.43. The van der Waals surface area contributed by atoms with E-state index in [2.05, 4.69) is 5.43 Å². The predicted octanol–water partition coefficient (Wildman–Crippen LogP) is 1.53. The average molecular weight is 378 g/mol. The van der Waals surface area contributed by atoms with Crippen molar-refractivity contribution in [2.24, 2.45) is 0 Å². The monoisotopic (exact) mass is 378 g/mol. The van der Waals surface area contributed by atoms with Crippen LogP contribution in [0.2, 0.25) is 0 Å². The Kier molecular flexibility index (Phi) is 5.96. The normalized spacial score (nSPS) is 10.9. The molecule has 0 atom stereocenters. The van der Waals surface area contributed by atoms with Crippen LogP contribution in [0.4, 0.5) is 0 Å². The van der Waals surface area contributed by atoms with Gasteiger partial charge in [-0.2, -0.15) is 0 Å². The van der Waals surface area contributed by atoms with Gasteiger partial charge in [-0.25, -0.2) is 8.42 Å². The van der Waals surface area contributed by atoms with Crippen molar-refractivity contribution >= 4 is 21.7 Å². The van der Waals surface area contributed by atoms with Crippen LogP contribution in [0.25, 0.3) is 0 Å². The molecule has 0 radical (unpaired) electrons. The molecule has 9 heteroatoms. The van der Waals surface area contributed by atoms with Gasteiger partial charge in [0.15, 0.2) is 17.3 Å². The molecule has 2 aromatic carbocycles. The second-order valence-electron chi connectivity index (χ2n) is 5.21. The minimum absolute atomic E-state index is 0.0879. The highest BCUT2D eigenvalue weighted by molar-refractivity contribution is 7.89. The van der Waals surface area contributed by atoms with Crippen LogP contribution in [0.5, 0.6) is 11.5 Å². The molecule has 0 aliphatic carbocycles. The molecule has 0 saturated carbocycles. The number of carbonyl (C=O) groups is 2. The number of rotatable bonds is 7. The van der Waals surface area contributed by atoms with E-state index >= 15 is 0 Å². The van der Waals surface area contributed by atoms with Gasteiger partial charge in [0.2, 0.25) is 0 Å². The van der Waals surface area contributed by atoms with Crippen LogP contribution in [0.15, 0.2) is 47.4 Å². The number of carbonyl (C=O) groups excluding carboxylic acids is 2. The Morgan fingerprint density at radius 2 is 1.46 bits per heavy atom. The third-order valence-electron chi connectivity index (χ3n) is 3.52. The van der Waals surface area contributed by atoms with Crippen molar-refractivity contribution in [2.45, 2.75) is 11.8 Å². The molecule has 2 aromatic rings. The SMILES string of the molecule is COc1ccc(C(=O)NNS(=O)(=O)c2ccc(C(C)=O)cc2)cc1OC. The molecule has 0 saturated heterocycles. The summed E-state index contributed by atoms with van der Waals surface area (Å²) in [4.78, 5) is 25.3. The van der Waals surface area contributed by atoms with E-state index < -0.39 is 15.9 Å². The van der Waals surface area contributed by atoms with Gasteiger partial charge in [-0.3, -0.25) is 15.0 Å². The lowest BCUT2D eigenvalue weighted by molar-refractivity contribution is 0.0944. The molecular formula is C17H18N2O6S. The summed E-state index contributed by atoms with van der Waals surface area (Å²) in [5, 5.41) is 0. The lowest BCUT2D eigenvalue weighted by Gasteiger charge is -2.11. The third-order valence-corrected chi connectivity index (χ3v) is 4.78. The summed E-state index contributed by atoms with van der Waals surface area (Å²) >= 11 is 0. The maximum absolute atomic E-state index is 12.2. The summed E-state index contributed by atoms with van der Waals surface area (Å²) in [6.07, 6.45) is 0. The highest BCUT2D eigenvalue weighted by Crippen LogP contribution is 2.27. The predicted molar refractivity (Wildman–Crippen MR) is 93.8 cm³/mol. The molecule has 0 bridgehead atoms. The number of sulfonamides is 1. The molecular weight excluding hydrogens is 360 g/mol. The third kappa shape index (κ3) is 4.38. The highest BCUT2D eigenvalue weighted by Gasteiger charge is 2.17. The summed E-state index contributed by atoms with van der Waals surface area (Å²) in [5.41, 5.74) is 2.69. The van der Waals surface area contributed by atoms with E-state index in [1.807, 2.05) is 4.83 Å². The lowest BCUT2D eigenvalue weighted by atomic mass is 10.2. The number of hydrogen-bond acceptors (Lipinski definition) is 6. The zero-order chi connectivity index (χ0) is 19.3. The Hall–Kier alpha value is -2.91. The van der Waals surface area contributed by atoms with Crippen molar-refractivity contribution in [3.05, 3.63) is 53.6 Å². The van der Waals surface area contributed by atoms with Gasteiger partial charge in [0.25, 0.3) is 15.9 Å². The summed E-state index contributed by atoms with van der Waals surface area (Å²) in [5.74, 6) is -0.0726. The number of methoxy groups -OCH3 is 2. The van der Waals surface area contributed by atoms with Gasteiger partial charge in [0, 0.05) is 11.1 Å². The van der Waals surface area contributed by atoms with Gasteiger partial charge < -0.3 is 9.47 Å². The fraction of sp³-hybridized carbons (Fsp3) is 0.176. The fourth-order valence-electron chi connectivity index (χ4n) is 2.09. The second kappa shape index (κ2) is 7.98. The topological polar surface area (TPSA) is 111 Å². The van der Waals surface area contributed by atoms with Crippen LogP contribution in [-0.4, -0.2) is 34.3 Å². The highest BCUT2D eigenvalue weighted by atomic mass is 32.2. The second-order valence-corrected chi connectivity index (χ2v) is 6.89. The zero-order valence-corrected chi connectivity index (χ0v) is 15.2.